The largest absolute Gasteiger partial charge is 0.481 e. The summed E-state index contributed by atoms with van der Waals surface area (Å²) in [6.45, 7) is 2.10. The van der Waals surface area contributed by atoms with Crippen molar-refractivity contribution in [3.05, 3.63) is 23.0 Å². The third-order valence-electron chi connectivity index (χ3n) is 4.80. The molecule has 3 heterocycles. The molecule has 0 aromatic carbocycles. The third-order valence-corrected chi connectivity index (χ3v) is 6.02. The van der Waals surface area contributed by atoms with Crippen molar-refractivity contribution < 1.29 is 4.74 Å². The number of piperidine rings is 1. The molecule has 1 aliphatic carbocycles. The Kier molecular flexibility index (Phi) is 4.51. The minimum Gasteiger partial charge on any atom is -0.481 e. The number of hydrogen-bond acceptors (Lipinski definition) is 7. The second kappa shape index (κ2) is 6.93. The molecule has 24 heavy (non-hydrogen) atoms. The van der Waals surface area contributed by atoms with Gasteiger partial charge in [0.2, 0.25) is 5.88 Å². The zero-order valence-electron chi connectivity index (χ0n) is 14.0. The van der Waals surface area contributed by atoms with E-state index in [0.29, 0.717) is 11.9 Å². The summed E-state index contributed by atoms with van der Waals surface area (Å²) in [5.74, 6) is 1.43. The van der Waals surface area contributed by atoms with Crippen molar-refractivity contribution in [1.29, 1.82) is 0 Å². The number of aryl methyl sites for hydroxylation is 2. The summed E-state index contributed by atoms with van der Waals surface area (Å²) < 4.78 is 5.15. The van der Waals surface area contributed by atoms with Gasteiger partial charge in [0.15, 0.2) is 5.13 Å². The van der Waals surface area contributed by atoms with E-state index in [2.05, 4.69) is 20.2 Å². The molecule has 6 nitrogen and oxygen atoms in total. The number of nitrogens with one attached hydrogen (secondary N) is 1. The molecule has 0 radical (unpaired) electrons. The quantitative estimate of drug-likeness (QED) is 0.919. The first-order chi connectivity index (χ1) is 11.8. The van der Waals surface area contributed by atoms with Crippen LogP contribution in [0.5, 0.6) is 5.88 Å². The predicted octanol–water partition coefficient (Wildman–Crippen LogP) is 2.90. The lowest BCUT2D eigenvalue weighted by atomic mass is 10.0. The van der Waals surface area contributed by atoms with Crippen LogP contribution < -0.4 is 15.0 Å². The Bertz CT molecular complexity index is 673. The molecular weight excluding hydrogens is 322 g/mol. The highest BCUT2D eigenvalue weighted by atomic mass is 32.1. The summed E-state index contributed by atoms with van der Waals surface area (Å²) in [4.78, 5) is 17.2. The Morgan fingerprint density at radius 3 is 2.83 bits per heavy atom. The van der Waals surface area contributed by atoms with E-state index in [0.717, 1.165) is 31.7 Å². The summed E-state index contributed by atoms with van der Waals surface area (Å²) in [5.41, 5.74) is 1.36. The molecule has 7 heteroatoms. The van der Waals surface area contributed by atoms with Crippen LogP contribution in [0.25, 0.3) is 0 Å². The normalized spacial score (nSPS) is 18.3. The number of ether oxygens (including phenoxy) is 1. The molecule has 2 aromatic heterocycles. The highest BCUT2D eigenvalue weighted by molar-refractivity contribution is 7.15. The number of methoxy groups -OCH3 is 1. The van der Waals surface area contributed by atoms with Gasteiger partial charge >= 0.3 is 0 Å². The van der Waals surface area contributed by atoms with Crippen molar-refractivity contribution in [2.24, 2.45) is 0 Å². The third kappa shape index (κ3) is 3.31. The van der Waals surface area contributed by atoms with Crippen molar-refractivity contribution in [3.63, 3.8) is 0 Å². The molecule has 1 aliphatic heterocycles. The molecule has 0 spiro atoms. The van der Waals surface area contributed by atoms with Gasteiger partial charge < -0.3 is 15.0 Å². The fraction of sp³-hybridized carbons (Fsp3) is 0.588. The van der Waals surface area contributed by atoms with E-state index in [1.54, 1.807) is 7.11 Å². The zero-order valence-corrected chi connectivity index (χ0v) is 14.8. The molecule has 2 aromatic rings. The fourth-order valence-electron chi connectivity index (χ4n) is 3.43. The second-order valence-electron chi connectivity index (χ2n) is 6.42. The summed E-state index contributed by atoms with van der Waals surface area (Å²) in [6, 6.07) is 2.29. The molecule has 2 aliphatic rings. The Labute approximate surface area is 146 Å². The van der Waals surface area contributed by atoms with E-state index in [1.165, 1.54) is 47.7 Å². The molecule has 4 rings (SSSR count). The van der Waals surface area contributed by atoms with Gasteiger partial charge in [0, 0.05) is 30.1 Å². The summed E-state index contributed by atoms with van der Waals surface area (Å²) >= 11 is 1.91. The Morgan fingerprint density at radius 1 is 1.21 bits per heavy atom. The lowest BCUT2D eigenvalue weighted by Crippen LogP contribution is -2.39. The van der Waals surface area contributed by atoms with Crippen LogP contribution in [0.1, 0.15) is 36.3 Å². The van der Waals surface area contributed by atoms with E-state index in [4.69, 9.17) is 9.72 Å². The molecule has 128 valence electrons. The van der Waals surface area contributed by atoms with Crippen LogP contribution in [0.15, 0.2) is 12.4 Å². The molecule has 1 fully saturated rings. The average Bonchev–Trinajstić information content (AvgIpc) is 3.06. The average molecular weight is 345 g/mol. The van der Waals surface area contributed by atoms with Gasteiger partial charge in [-0.15, -0.1) is 11.3 Å². The standard InChI is InChI=1S/C17H23N5OS/c1-23-16-10-15(18-11-19-16)20-12-6-8-22(9-7-12)17-21-13-4-2-3-5-14(13)24-17/h10-12H,2-9H2,1H3,(H,18,19,20). The van der Waals surface area contributed by atoms with Gasteiger partial charge in [0.05, 0.1) is 12.8 Å². The van der Waals surface area contributed by atoms with Gasteiger partial charge in [0.25, 0.3) is 0 Å². The smallest absolute Gasteiger partial charge is 0.218 e. The molecule has 0 unspecified atom stereocenters. The van der Waals surface area contributed by atoms with E-state index < -0.39 is 0 Å². The molecule has 0 amide bonds. The van der Waals surface area contributed by atoms with Gasteiger partial charge in [-0.05, 0) is 38.5 Å². The van der Waals surface area contributed by atoms with E-state index in [1.807, 2.05) is 17.4 Å². The van der Waals surface area contributed by atoms with Gasteiger partial charge in [-0.25, -0.2) is 15.0 Å². The van der Waals surface area contributed by atoms with Crippen LogP contribution in [0.4, 0.5) is 10.9 Å². The monoisotopic (exact) mass is 345 g/mol. The number of thiazole rings is 1. The summed E-state index contributed by atoms with van der Waals surface area (Å²) in [6.07, 6.45) is 8.73. The topological polar surface area (TPSA) is 63.2 Å². The van der Waals surface area contributed by atoms with E-state index >= 15 is 0 Å². The highest BCUT2D eigenvalue weighted by Gasteiger charge is 2.24. The maximum absolute atomic E-state index is 5.15. The van der Waals surface area contributed by atoms with Crippen LogP contribution in [-0.4, -0.2) is 41.2 Å². The van der Waals surface area contributed by atoms with Crippen molar-refractivity contribution in [1.82, 2.24) is 15.0 Å². The van der Waals surface area contributed by atoms with Crippen molar-refractivity contribution in [3.8, 4) is 5.88 Å². The minimum atomic E-state index is 0.440. The van der Waals surface area contributed by atoms with Gasteiger partial charge in [0.1, 0.15) is 12.1 Å². The number of rotatable bonds is 4. The van der Waals surface area contributed by atoms with Gasteiger partial charge in [-0.1, -0.05) is 0 Å². The Hall–Kier alpha value is -1.89. The number of anilines is 2. The number of hydrogen-bond donors (Lipinski definition) is 1. The molecule has 0 bridgehead atoms. The Morgan fingerprint density at radius 2 is 2.04 bits per heavy atom. The SMILES string of the molecule is COc1cc(NC2CCN(c3nc4c(s3)CCCC4)CC2)ncn1. The minimum absolute atomic E-state index is 0.440. The first-order valence-corrected chi connectivity index (χ1v) is 9.49. The molecule has 0 atom stereocenters. The van der Waals surface area contributed by atoms with Crippen LogP contribution in [0.3, 0.4) is 0 Å². The number of aromatic nitrogens is 3. The van der Waals surface area contributed by atoms with Gasteiger partial charge in [-0.3, -0.25) is 0 Å². The second-order valence-corrected chi connectivity index (χ2v) is 7.49. The van der Waals surface area contributed by atoms with Gasteiger partial charge in [-0.2, -0.15) is 0 Å². The lowest BCUT2D eigenvalue weighted by molar-refractivity contribution is 0.397. The molecule has 1 N–H and O–H groups in total. The van der Waals surface area contributed by atoms with Crippen LogP contribution in [0.2, 0.25) is 0 Å². The highest BCUT2D eigenvalue weighted by Crippen LogP contribution is 2.33. The molecular formula is C17H23N5OS. The lowest BCUT2D eigenvalue weighted by Gasteiger charge is -2.32. The molecule has 1 saturated heterocycles. The number of nitrogens with zero attached hydrogens (tertiary/aromatic N) is 4. The van der Waals surface area contributed by atoms with E-state index in [9.17, 15) is 0 Å². The zero-order chi connectivity index (χ0) is 16.4. The van der Waals surface area contributed by atoms with Crippen LogP contribution in [-0.2, 0) is 12.8 Å². The predicted molar refractivity (Wildman–Crippen MR) is 96.2 cm³/mol. The maximum Gasteiger partial charge on any atom is 0.218 e. The first kappa shape index (κ1) is 15.6. The van der Waals surface area contributed by atoms with Crippen LogP contribution >= 0.6 is 11.3 Å². The maximum atomic E-state index is 5.15. The van der Waals surface area contributed by atoms with Crippen molar-refractivity contribution in [2.75, 3.05) is 30.4 Å². The summed E-state index contributed by atoms with van der Waals surface area (Å²) in [7, 11) is 1.62. The molecule has 0 saturated carbocycles. The summed E-state index contributed by atoms with van der Waals surface area (Å²) in [5, 5.41) is 4.73. The van der Waals surface area contributed by atoms with E-state index in [-0.39, 0.29) is 0 Å². The van der Waals surface area contributed by atoms with Crippen molar-refractivity contribution >= 4 is 22.3 Å². The van der Waals surface area contributed by atoms with Crippen LogP contribution in [0, 0.1) is 0 Å². The fourth-order valence-corrected chi connectivity index (χ4v) is 4.63. The first-order valence-electron chi connectivity index (χ1n) is 8.68. The number of fused-ring (bicyclic) bond motifs is 1. The van der Waals surface area contributed by atoms with Crippen molar-refractivity contribution in [2.45, 2.75) is 44.6 Å². The Balaban J connectivity index is 1.35.